The molecule has 1 fully saturated rings. The fraction of sp³-hybridized carbons (Fsp3) is 0.538. The normalized spacial score (nSPS) is 19.3. The van der Waals surface area contributed by atoms with Crippen molar-refractivity contribution in [3.05, 3.63) is 64.0 Å². The first kappa shape index (κ1) is 26.4. The fourth-order valence-corrected chi connectivity index (χ4v) is 5.09. The number of halogens is 7. The molecule has 0 heterocycles. The van der Waals surface area contributed by atoms with Crippen LogP contribution in [0.2, 0.25) is 0 Å². The van der Waals surface area contributed by atoms with Crippen molar-refractivity contribution in [1.82, 2.24) is 0 Å². The molecule has 0 spiro atoms. The Balaban J connectivity index is 1.80. The molecule has 1 aliphatic rings. The van der Waals surface area contributed by atoms with Gasteiger partial charge in [-0.15, -0.1) is 0 Å². The average molecular weight is 491 g/mol. The maximum atomic E-state index is 14.8. The molecule has 188 valence electrons. The molecule has 0 saturated heterocycles. The van der Waals surface area contributed by atoms with Crippen LogP contribution < -0.4 is 4.74 Å². The van der Waals surface area contributed by atoms with Crippen molar-refractivity contribution in [2.45, 2.75) is 76.6 Å². The SMILES string of the molecule is CCCC1CCC(c2ccc(CCc3ccc(OC)c(C(F)(F)F)c3C(F)(F)F)c(F)c2)CC1. The number of alkyl halides is 6. The number of benzene rings is 2. The second kappa shape index (κ2) is 10.6. The van der Waals surface area contributed by atoms with Gasteiger partial charge in [0, 0.05) is 0 Å². The van der Waals surface area contributed by atoms with Gasteiger partial charge in [0.2, 0.25) is 0 Å². The highest BCUT2D eigenvalue weighted by Gasteiger charge is 2.47. The lowest BCUT2D eigenvalue weighted by Gasteiger charge is -2.28. The number of hydrogen-bond acceptors (Lipinski definition) is 1. The summed E-state index contributed by atoms with van der Waals surface area (Å²) in [4.78, 5) is 0. The minimum atomic E-state index is -5.25. The lowest BCUT2D eigenvalue weighted by Crippen LogP contribution is -2.20. The second-order valence-electron chi connectivity index (χ2n) is 9.03. The van der Waals surface area contributed by atoms with Crippen molar-refractivity contribution in [3.63, 3.8) is 0 Å². The lowest BCUT2D eigenvalue weighted by atomic mass is 9.77. The van der Waals surface area contributed by atoms with Crippen molar-refractivity contribution in [1.29, 1.82) is 0 Å². The van der Waals surface area contributed by atoms with Gasteiger partial charge < -0.3 is 4.74 Å². The first-order valence-corrected chi connectivity index (χ1v) is 11.6. The molecule has 34 heavy (non-hydrogen) atoms. The zero-order chi connectivity index (χ0) is 25.1. The maximum Gasteiger partial charge on any atom is 0.420 e. The van der Waals surface area contributed by atoms with Gasteiger partial charge in [-0.3, -0.25) is 0 Å². The third-order valence-corrected chi connectivity index (χ3v) is 6.80. The molecule has 1 nitrogen and oxygen atoms in total. The van der Waals surface area contributed by atoms with Crippen LogP contribution in [0.5, 0.6) is 5.75 Å². The van der Waals surface area contributed by atoms with Gasteiger partial charge in [0.25, 0.3) is 0 Å². The van der Waals surface area contributed by atoms with Gasteiger partial charge in [-0.1, -0.05) is 38.0 Å². The van der Waals surface area contributed by atoms with Crippen LogP contribution in [0.15, 0.2) is 30.3 Å². The molecule has 0 amide bonds. The summed E-state index contributed by atoms with van der Waals surface area (Å²) in [5.41, 5.74) is -3.12. The molecule has 0 atom stereocenters. The van der Waals surface area contributed by atoms with Crippen molar-refractivity contribution in [3.8, 4) is 5.75 Å². The van der Waals surface area contributed by atoms with E-state index in [1.54, 1.807) is 12.1 Å². The average Bonchev–Trinajstić information content (AvgIpc) is 2.77. The Morgan fingerprint density at radius 3 is 1.94 bits per heavy atom. The van der Waals surface area contributed by atoms with Crippen LogP contribution in [0, 0.1) is 11.7 Å². The number of methoxy groups -OCH3 is 1. The Bertz CT molecular complexity index is 970. The van der Waals surface area contributed by atoms with Gasteiger partial charge in [0.05, 0.1) is 12.7 Å². The van der Waals surface area contributed by atoms with Gasteiger partial charge in [-0.05, 0) is 79.2 Å². The summed E-state index contributed by atoms with van der Waals surface area (Å²) < 4.78 is 101. The minimum Gasteiger partial charge on any atom is -0.496 e. The zero-order valence-corrected chi connectivity index (χ0v) is 19.3. The van der Waals surface area contributed by atoms with Gasteiger partial charge in [0.15, 0.2) is 0 Å². The summed E-state index contributed by atoms with van der Waals surface area (Å²) in [6.07, 6.45) is -4.54. The molecular formula is C26H29F7O. The molecule has 1 aliphatic carbocycles. The van der Waals surface area contributed by atoms with E-state index < -0.39 is 40.6 Å². The van der Waals surface area contributed by atoms with Gasteiger partial charge in [-0.25, -0.2) is 4.39 Å². The second-order valence-corrected chi connectivity index (χ2v) is 9.03. The Morgan fingerprint density at radius 1 is 0.824 bits per heavy atom. The quantitative estimate of drug-likeness (QED) is 0.353. The Hall–Kier alpha value is -2.25. The number of ether oxygens (including phenoxy) is 1. The molecule has 0 bridgehead atoms. The van der Waals surface area contributed by atoms with Gasteiger partial charge in [-0.2, -0.15) is 26.3 Å². The molecule has 1 saturated carbocycles. The highest BCUT2D eigenvalue weighted by atomic mass is 19.4. The molecule has 0 N–H and O–H groups in total. The first-order valence-electron chi connectivity index (χ1n) is 11.6. The predicted octanol–water partition coefficient (Wildman–Crippen LogP) is 8.73. The van der Waals surface area contributed by atoms with E-state index in [1.165, 1.54) is 12.5 Å². The maximum absolute atomic E-state index is 14.8. The van der Waals surface area contributed by atoms with Gasteiger partial charge in [0.1, 0.15) is 17.1 Å². The number of hydrogen-bond donors (Lipinski definition) is 0. The summed E-state index contributed by atoms with van der Waals surface area (Å²) in [6.45, 7) is 2.16. The lowest BCUT2D eigenvalue weighted by molar-refractivity contribution is -0.163. The van der Waals surface area contributed by atoms with Crippen LogP contribution in [-0.2, 0) is 25.2 Å². The van der Waals surface area contributed by atoms with Crippen molar-refractivity contribution >= 4 is 0 Å². The van der Waals surface area contributed by atoms with Crippen molar-refractivity contribution in [2.24, 2.45) is 5.92 Å². The molecule has 0 aliphatic heterocycles. The fourth-order valence-electron chi connectivity index (χ4n) is 5.09. The van der Waals surface area contributed by atoms with E-state index in [-0.39, 0.29) is 24.3 Å². The standard InChI is InChI=1S/C26H29F7O/c1-3-4-16-5-7-17(8-6-16)20-12-10-18(21(27)15-20)9-11-19-13-14-22(34-2)24(26(31,32)33)23(19)25(28,29)30/h10,12-17H,3-9,11H2,1-2H3. The molecule has 0 aromatic heterocycles. The minimum absolute atomic E-state index is 0.151. The van der Waals surface area contributed by atoms with E-state index in [2.05, 4.69) is 11.7 Å². The van der Waals surface area contributed by atoms with Crippen LogP contribution in [0.1, 0.15) is 79.2 Å². The van der Waals surface area contributed by atoms with Crippen molar-refractivity contribution in [2.75, 3.05) is 7.11 Å². The van der Waals surface area contributed by atoms with Crippen LogP contribution in [0.3, 0.4) is 0 Å². The van der Waals surface area contributed by atoms with E-state index >= 15 is 0 Å². The Kier molecular flexibility index (Phi) is 8.19. The van der Waals surface area contributed by atoms with Crippen LogP contribution in [0.25, 0.3) is 0 Å². The topological polar surface area (TPSA) is 9.23 Å². The molecule has 8 heteroatoms. The summed E-state index contributed by atoms with van der Waals surface area (Å²) in [7, 11) is 0.887. The summed E-state index contributed by atoms with van der Waals surface area (Å²) in [5.74, 6) is -0.470. The Labute approximate surface area is 195 Å². The molecule has 3 rings (SSSR count). The first-order chi connectivity index (χ1) is 16.0. The summed E-state index contributed by atoms with van der Waals surface area (Å²) in [6, 6.07) is 6.62. The molecule has 0 radical (unpaired) electrons. The van der Waals surface area contributed by atoms with E-state index in [0.717, 1.165) is 56.9 Å². The third kappa shape index (κ3) is 6.05. The monoisotopic (exact) mass is 490 g/mol. The molecule has 2 aromatic carbocycles. The van der Waals surface area contributed by atoms with E-state index in [0.29, 0.717) is 5.92 Å². The van der Waals surface area contributed by atoms with Crippen LogP contribution >= 0.6 is 0 Å². The van der Waals surface area contributed by atoms with E-state index in [9.17, 15) is 30.7 Å². The smallest absolute Gasteiger partial charge is 0.420 e. The Morgan fingerprint density at radius 2 is 1.41 bits per heavy atom. The summed E-state index contributed by atoms with van der Waals surface area (Å²) >= 11 is 0. The van der Waals surface area contributed by atoms with E-state index in [1.807, 2.05) is 0 Å². The van der Waals surface area contributed by atoms with Crippen molar-refractivity contribution < 1.29 is 35.5 Å². The predicted molar refractivity (Wildman–Crippen MR) is 116 cm³/mol. The highest BCUT2D eigenvalue weighted by Crippen LogP contribution is 2.47. The van der Waals surface area contributed by atoms with Gasteiger partial charge >= 0.3 is 12.4 Å². The zero-order valence-electron chi connectivity index (χ0n) is 19.3. The third-order valence-electron chi connectivity index (χ3n) is 6.80. The van der Waals surface area contributed by atoms with Crippen LogP contribution in [-0.4, -0.2) is 7.11 Å². The van der Waals surface area contributed by atoms with E-state index in [4.69, 9.17) is 0 Å². The number of aryl methyl sites for hydroxylation is 2. The highest BCUT2D eigenvalue weighted by molar-refractivity contribution is 5.49. The number of rotatable bonds is 7. The summed E-state index contributed by atoms with van der Waals surface area (Å²) in [5, 5.41) is 0. The van der Waals surface area contributed by atoms with Crippen LogP contribution in [0.4, 0.5) is 30.7 Å². The largest absolute Gasteiger partial charge is 0.496 e. The molecular weight excluding hydrogens is 461 g/mol. The molecule has 0 unspecified atom stereocenters. The molecule has 2 aromatic rings.